The van der Waals surface area contributed by atoms with E-state index in [0.29, 0.717) is 11.8 Å². The third kappa shape index (κ3) is 2.12. The van der Waals surface area contributed by atoms with Gasteiger partial charge < -0.3 is 10.3 Å². The number of nitrogens with zero attached hydrogens (tertiary/aromatic N) is 3. The fraction of sp³-hybridized carbons (Fsp3) is 0.833. The van der Waals surface area contributed by atoms with E-state index in [1.54, 1.807) is 0 Å². The highest BCUT2D eigenvalue weighted by molar-refractivity contribution is 5.04. The van der Waals surface area contributed by atoms with Gasteiger partial charge in [0, 0.05) is 18.9 Å². The molecule has 1 aromatic rings. The molecule has 4 heteroatoms. The molecule has 16 heavy (non-hydrogen) atoms. The van der Waals surface area contributed by atoms with Gasteiger partial charge in [-0.2, -0.15) is 0 Å². The molecule has 0 spiro atoms. The minimum absolute atomic E-state index is 0.528. The van der Waals surface area contributed by atoms with Crippen LogP contribution in [-0.2, 0) is 13.0 Å². The minimum Gasteiger partial charge on any atom is -0.330 e. The van der Waals surface area contributed by atoms with Crippen LogP contribution < -0.4 is 5.73 Å². The molecule has 0 amide bonds. The van der Waals surface area contributed by atoms with Gasteiger partial charge >= 0.3 is 0 Å². The van der Waals surface area contributed by atoms with E-state index >= 15 is 0 Å². The number of fused-ring (bicyclic) bond motifs is 1. The van der Waals surface area contributed by atoms with Crippen LogP contribution in [-0.4, -0.2) is 21.3 Å². The summed E-state index contributed by atoms with van der Waals surface area (Å²) in [4.78, 5) is 0. The van der Waals surface area contributed by atoms with E-state index in [1.807, 2.05) is 0 Å². The van der Waals surface area contributed by atoms with Crippen molar-refractivity contribution < 1.29 is 0 Å². The Morgan fingerprint density at radius 1 is 1.50 bits per heavy atom. The Bertz CT molecular complexity index is 345. The molecule has 1 aliphatic heterocycles. The first-order valence-corrected chi connectivity index (χ1v) is 6.38. The lowest BCUT2D eigenvalue weighted by Gasteiger charge is -2.23. The number of rotatable bonds is 4. The molecule has 0 aliphatic carbocycles. The first kappa shape index (κ1) is 11.6. The molecule has 0 radical (unpaired) electrons. The van der Waals surface area contributed by atoms with Crippen LogP contribution in [0.2, 0.25) is 0 Å². The van der Waals surface area contributed by atoms with Crippen molar-refractivity contribution in [3.05, 3.63) is 11.6 Å². The molecule has 2 atom stereocenters. The van der Waals surface area contributed by atoms with Crippen molar-refractivity contribution in [3.63, 3.8) is 0 Å². The van der Waals surface area contributed by atoms with Crippen molar-refractivity contribution >= 4 is 0 Å². The molecule has 0 saturated carbocycles. The van der Waals surface area contributed by atoms with Crippen molar-refractivity contribution in [2.75, 3.05) is 6.54 Å². The first-order chi connectivity index (χ1) is 7.76. The fourth-order valence-electron chi connectivity index (χ4n) is 2.54. The van der Waals surface area contributed by atoms with E-state index in [4.69, 9.17) is 5.73 Å². The second-order valence-corrected chi connectivity index (χ2v) is 4.91. The Morgan fingerprint density at radius 3 is 3.00 bits per heavy atom. The Labute approximate surface area is 97.2 Å². The van der Waals surface area contributed by atoms with Crippen LogP contribution >= 0.6 is 0 Å². The molecule has 0 bridgehead atoms. The van der Waals surface area contributed by atoms with Gasteiger partial charge in [0.05, 0.1) is 0 Å². The highest BCUT2D eigenvalue weighted by atomic mass is 15.3. The number of hydrogen-bond donors (Lipinski definition) is 1. The minimum atomic E-state index is 0.528. The Hall–Kier alpha value is -0.900. The maximum atomic E-state index is 5.72. The van der Waals surface area contributed by atoms with E-state index in [-0.39, 0.29) is 0 Å². The van der Waals surface area contributed by atoms with Gasteiger partial charge in [0.25, 0.3) is 0 Å². The zero-order valence-corrected chi connectivity index (χ0v) is 10.3. The Kier molecular flexibility index (Phi) is 3.59. The van der Waals surface area contributed by atoms with Crippen LogP contribution in [0.3, 0.4) is 0 Å². The lowest BCUT2D eigenvalue weighted by molar-refractivity contribution is 0.379. The largest absolute Gasteiger partial charge is 0.330 e. The fourth-order valence-corrected chi connectivity index (χ4v) is 2.54. The summed E-state index contributed by atoms with van der Waals surface area (Å²) in [7, 11) is 0. The van der Waals surface area contributed by atoms with Crippen molar-refractivity contribution in [2.24, 2.45) is 11.7 Å². The van der Waals surface area contributed by atoms with E-state index in [9.17, 15) is 0 Å². The Morgan fingerprint density at radius 2 is 2.31 bits per heavy atom. The summed E-state index contributed by atoms with van der Waals surface area (Å²) in [5, 5.41) is 8.67. The lowest BCUT2D eigenvalue weighted by Crippen LogP contribution is -2.26. The second kappa shape index (κ2) is 4.95. The molecule has 4 nitrogen and oxygen atoms in total. The summed E-state index contributed by atoms with van der Waals surface area (Å²) in [6.07, 6.45) is 4.57. The summed E-state index contributed by atoms with van der Waals surface area (Å²) in [6.45, 7) is 6.28. The molecule has 0 fully saturated rings. The quantitative estimate of drug-likeness (QED) is 0.843. The molecule has 2 rings (SSSR count). The summed E-state index contributed by atoms with van der Waals surface area (Å²) >= 11 is 0. The summed E-state index contributed by atoms with van der Waals surface area (Å²) < 4.78 is 2.31. The molecule has 1 aromatic heterocycles. The molecular formula is C12H22N4. The van der Waals surface area contributed by atoms with Crippen molar-refractivity contribution in [3.8, 4) is 0 Å². The number of aromatic nitrogens is 3. The van der Waals surface area contributed by atoms with Crippen molar-refractivity contribution in [2.45, 2.75) is 52.0 Å². The predicted molar refractivity (Wildman–Crippen MR) is 64.2 cm³/mol. The maximum absolute atomic E-state index is 5.72. The lowest BCUT2D eigenvalue weighted by atomic mass is 9.97. The van der Waals surface area contributed by atoms with Crippen molar-refractivity contribution in [1.82, 2.24) is 14.8 Å². The maximum Gasteiger partial charge on any atom is 0.135 e. The number of hydrogen-bond acceptors (Lipinski definition) is 3. The highest BCUT2D eigenvalue weighted by Gasteiger charge is 2.23. The average molecular weight is 222 g/mol. The molecular weight excluding hydrogens is 200 g/mol. The van der Waals surface area contributed by atoms with Crippen molar-refractivity contribution in [1.29, 1.82) is 0 Å². The topological polar surface area (TPSA) is 56.7 Å². The monoisotopic (exact) mass is 222 g/mol. The van der Waals surface area contributed by atoms with Crippen LogP contribution in [0.1, 0.15) is 50.7 Å². The standard InChI is InChI=1S/C12H22N4/c1-3-4-9(2)12-15-14-11-7-10(8-13)5-6-16(11)12/h9-10H,3-8,13H2,1-2H3. The molecule has 2 unspecified atom stereocenters. The highest BCUT2D eigenvalue weighted by Crippen LogP contribution is 2.25. The molecule has 90 valence electrons. The number of nitrogens with two attached hydrogens (primary N) is 1. The van der Waals surface area contributed by atoms with E-state index in [2.05, 4.69) is 28.6 Å². The van der Waals surface area contributed by atoms with E-state index in [1.165, 1.54) is 25.1 Å². The summed E-state index contributed by atoms with van der Waals surface area (Å²) in [5.41, 5.74) is 5.72. The zero-order chi connectivity index (χ0) is 11.5. The van der Waals surface area contributed by atoms with Gasteiger partial charge in [-0.1, -0.05) is 20.3 Å². The third-order valence-electron chi connectivity index (χ3n) is 3.58. The van der Waals surface area contributed by atoms with Gasteiger partial charge in [-0.3, -0.25) is 0 Å². The van der Waals surface area contributed by atoms with Crippen LogP contribution in [0.25, 0.3) is 0 Å². The van der Waals surface area contributed by atoms with E-state index in [0.717, 1.165) is 25.3 Å². The Balaban J connectivity index is 2.16. The normalized spacial score (nSPS) is 21.8. The van der Waals surface area contributed by atoms with Gasteiger partial charge in [0.1, 0.15) is 11.6 Å². The first-order valence-electron chi connectivity index (χ1n) is 6.38. The molecule has 0 aromatic carbocycles. The molecule has 1 aliphatic rings. The van der Waals surface area contributed by atoms with Crippen LogP contribution in [0, 0.1) is 5.92 Å². The van der Waals surface area contributed by atoms with Gasteiger partial charge in [-0.05, 0) is 25.3 Å². The smallest absolute Gasteiger partial charge is 0.135 e. The van der Waals surface area contributed by atoms with Crippen LogP contribution in [0.4, 0.5) is 0 Å². The summed E-state index contributed by atoms with van der Waals surface area (Å²) in [6, 6.07) is 0. The van der Waals surface area contributed by atoms with Gasteiger partial charge in [-0.25, -0.2) is 0 Å². The SMILES string of the molecule is CCCC(C)c1nnc2n1CCC(CN)C2. The average Bonchev–Trinajstić information content (AvgIpc) is 2.71. The van der Waals surface area contributed by atoms with E-state index < -0.39 is 0 Å². The second-order valence-electron chi connectivity index (χ2n) is 4.91. The molecule has 2 N–H and O–H groups in total. The van der Waals surface area contributed by atoms with Crippen LogP contribution in [0.5, 0.6) is 0 Å². The van der Waals surface area contributed by atoms with Crippen LogP contribution in [0.15, 0.2) is 0 Å². The van der Waals surface area contributed by atoms with Gasteiger partial charge in [0.15, 0.2) is 0 Å². The predicted octanol–water partition coefficient (Wildman–Crippen LogP) is 1.70. The third-order valence-corrected chi connectivity index (χ3v) is 3.58. The molecule has 2 heterocycles. The molecule has 0 saturated heterocycles. The van der Waals surface area contributed by atoms with Gasteiger partial charge in [-0.15, -0.1) is 10.2 Å². The zero-order valence-electron chi connectivity index (χ0n) is 10.3. The summed E-state index contributed by atoms with van der Waals surface area (Å²) in [5.74, 6) is 3.44. The van der Waals surface area contributed by atoms with Gasteiger partial charge in [0.2, 0.25) is 0 Å².